The fourth-order valence-electron chi connectivity index (χ4n) is 2.70. The van der Waals surface area contributed by atoms with E-state index in [2.05, 4.69) is 10.1 Å². The van der Waals surface area contributed by atoms with E-state index in [1.807, 2.05) is 30.3 Å². The molecule has 5 heteroatoms. The van der Waals surface area contributed by atoms with Crippen molar-refractivity contribution in [1.29, 1.82) is 0 Å². The standard InChI is InChI=1S/C19H13ClFN3/c1-12-7-17(5-6-18(12)21)24-19-15(11-23-24)8-14(10-22-19)13-3-2-4-16(20)9-13/h2-11H,1H3. The van der Waals surface area contributed by atoms with Gasteiger partial charge in [-0.15, -0.1) is 0 Å². The molecular formula is C19H13ClFN3. The fourth-order valence-corrected chi connectivity index (χ4v) is 2.89. The molecule has 0 saturated carbocycles. The summed E-state index contributed by atoms with van der Waals surface area (Å²) in [5.74, 6) is -0.230. The minimum atomic E-state index is -0.230. The second-order valence-corrected chi connectivity index (χ2v) is 6.07. The van der Waals surface area contributed by atoms with Crippen molar-refractivity contribution in [2.45, 2.75) is 6.92 Å². The molecule has 0 spiro atoms. The number of nitrogens with zero attached hydrogens (tertiary/aromatic N) is 3. The van der Waals surface area contributed by atoms with Gasteiger partial charge in [-0.1, -0.05) is 23.7 Å². The molecule has 0 bridgehead atoms. The van der Waals surface area contributed by atoms with Crippen LogP contribution in [0, 0.1) is 12.7 Å². The van der Waals surface area contributed by atoms with Gasteiger partial charge in [-0.2, -0.15) is 5.10 Å². The summed E-state index contributed by atoms with van der Waals surface area (Å²) in [7, 11) is 0. The molecule has 0 aliphatic heterocycles. The lowest BCUT2D eigenvalue weighted by molar-refractivity contribution is 0.617. The Labute approximate surface area is 143 Å². The number of benzene rings is 2. The number of pyridine rings is 1. The zero-order valence-electron chi connectivity index (χ0n) is 12.9. The van der Waals surface area contributed by atoms with Gasteiger partial charge in [0, 0.05) is 22.2 Å². The van der Waals surface area contributed by atoms with Crippen molar-refractivity contribution in [3.63, 3.8) is 0 Å². The van der Waals surface area contributed by atoms with Gasteiger partial charge >= 0.3 is 0 Å². The largest absolute Gasteiger partial charge is 0.236 e. The van der Waals surface area contributed by atoms with Crippen molar-refractivity contribution in [1.82, 2.24) is 14.8 Å². The average molecular weight is 338 g/mol. The fraction of sp³-hybridized carbons (Fsp3) is 0.0526. The maximum absolute atomic E-state index is 13.5. The van der Waals surface area contributed by atoms with Crippen LogP contribution in [-0.4, -0.2) is 14.8 Å². The Hall–Kier alpha value is -2.72. The van der Waals surface area contributed by atoms with E-state index in [0.717, 1.165) is 27.8 Å². The van der Waals surface area contributed by atoms with E-state index >= 15 is 0 Å². The van der Waals surface area contributed by atoms with E-state index < -0.39 is 0 Å². The Balaban J connectivity index is 1.82. The molecular weight excluding hydrogens is 325 g/mol. The van der Waals surface area contributed by atoms with Crippen LogP contribution in [0.25, 0.3) is 27.8 Å². The molecule has 0 radical (unpaired) electrons. The molecule has 0 saturated heterocycles. The summed E-state index contributed by atoms with van der Waals surface area (Å²) in [5, 5.41) is 5.99. The van der Waals surface area contributed by atoms with Crippen molar-refractivity contribution in [2.75, 3.05) is 0 Å². The smallest absolute Gasteiger partial charge is 0.162 e. The molecule has 0 unspecified atom stereocenters. The second kappa shape index (κ2) is 5.73. The first kappa shape index (κ1) is 14.8. The molecule has 2 aromatic carbocycles. The molecule has 0 aliphatic rings. The van der Waals surface area contributed by atoms with Gasteiger partial charge in [0.25, 0.3) is 0 Å². The van der Waals surface area contributed by atoms with Gasteiger partial charge in [0.05, 0.1) is 11.9 Å². The molecule has 0 fully saturated rings. The first-order valence-electron chi connectivity index (χ1n) is 7.48. The SMILES string of the molecule is Cc1cc(-n2ncc3cc(-c4cccc(Cl)c4)cnc32)ccc1F. The second-order valence-electron chi connectivity index (χ2n) is 5.64. The van der Waals surface area contributed by atoms with Crippen LogP contribution in [0.4, 0.5) is 4.39 Å². The molecule has 0 atom stereocenters. The zero-order valence-corrected chi connectivity index (χ0v) is 13.6. The van der Waals surface area contributed by atoms with Gasteiger partial charge < -0.3 is 0 Å². The van der Waals surface area contributed by atoms with E-state index in [1.165, 1.54) is 6.07 Å². The van der Waals surface area contributed by atoms with Crippen LogP contribution in [-0.2, 0) is 0 Å². The number of hydrogen-bond donors (Lipinski definition) is 0. The summed E-state index contributed by atoms with van der Waals surface area (Å²) in [6.07, 6.45) is 3.55. The lowest BCUT2D eigenvalue weighted by atomic mass is 10.1. The van der Waals surface area contributed by atoms with Crippen LogP contribution < -0.4 is 0 Å². The predicted octanol–water partition coefficient (Wildman–Crippen LogP) is 5.19. The van der Waals surface area contributed by atoms with Gasteiger partial charge in [0.1, 0.15) is 5.82 Å². The highest BCUT2D eigenvalue weighted by atomic mass is 35.5. The van der Waals surface area contributed by atoms with E-state index in [1.54, 1.807) is 36.1 Å². The summed E-state index contributed by atoms with van der Waals surface area (Å²) in [5.41, 5.74) is 4.06. The first-order chi connectivity index (χ1) is 11.6. The molecule has 2 heterocycles. The third-order valence-electron chi connectivity index (χ3n) is 3.95. The van der Waals surface area contributed by atoms with Crippen LogP contribution in [0.3, 0.4) is 0 Å². The highest BCUT2D eigenvalue weighted by Gasteiger charge is 2.09. The normalized spacial score (nSPS) is 11.1. The minimum absolute atomic E-state index is 0.230. The molecule has 0 aliphatic carbocycles. The van der Waals surface area contributed by atoms with E-state index in [0.29, 0.717) is 10.6 Å². The van der Waals surface area contributed by atoms with E-state index in [4.69, 9.17) is 11.6 Å². The van der Waals surface area contributed by atoms with Gasteiger partial charge in [-0.25, -0.2) is 14.1 Å². The lowest BCUT2D eigenvalue weighted by Crippen LogP contribution is -1.98. The Morgan fingerprint density at radius 1 is 1.00 bits per heavy atom. The quantitative estimate of drug-likeness (QED) is 0.504. The number of hydrogen-bond acceptors (Lipinski definition) is 2. The third kappa shape index (κ3) is 2.55. The van der Waals surface area contributed by atoms with Gasteiger partial charge in [-0.3, -0.25) is 0 Å². The van der Waals surface area contributed by atoms with Crippen LogP contribution in [0.2, 0.25) is 5.02 Å². The number of halogens is 2. The van der Waals surface area contributed by atoms with Crippen LogP contribution in [0.5, 0.6) is 0 Å². The van der Waals surface area contributed by atoms with Crippen molar-refractivity contribution in [3.05, 3.63) is 77.3 Å². The summed E-state index contributed by atoms with van der Waals surface area (Å²) in [6.45, 7) is 1.73. The molecule has 3 nitrogen and oxygen atoms in total. The molecule has 0 N–H and O–H groups in total. The summed E-state index contributed by atoms with van der Waals surface area (Å²) in [6, 6.07) is 14.6. The van der Waals surface area contributed by atoms with Gasteiger partial charge in [0.15, 0.2) is 5.65 Å². The number of fused-ring (bicyclic) bond motifs is 1. The van der Waals surface area contributed by atoms with Crippen molar-refractivity contribution >= 4 is 22.6 Å². The van der Waals surface area contributed by atoms with Gasteiger partial charge in [0.2, 0.25) is 0 Å². The van der Waals surface area contributed by atoms with Crippen LogP contribution in [0.15, 0.2) is 60.9 Å². The van der Waals surface area contributed by atoms with E-state index in [9.17, 15) is 4.39 Å². The number of aryl methyl sites for hydroxylation is 1. The number of aromatic nitrogens is 3. The molecule has 118 valence electrons. The maximum Gasteiger partial charge on any atom is 0.162 e. The topological polar surface area (TPSA) is 30.7 Å². The monoisotopic (exact) mass is 337 g/mol. The van der Waals surface area contributed by atoms with Crippen LogP contribution >= 0.6 is 11.6 Å². The first-order valence-corrected chi connectivity index (χ1v) is 7.86. The molecule has 4 aromatic rings. The lowest BCUT2D eigenvalue weighted by Gasteiger charge is -2.06. The van der Waals surface area contributed by atoms with Crippen LogP contribution in [0.1, 0.15) is 5.56 Å². The summed E-state index contributed by atoms with van der Waals surface area (Å²) < 4.78 is 15.2. The van der Waals surface area contributed by atoms with Gasteiger partial charge in [-0.05, 0) is 54.4 Å². The highest BCUT2D eigenvalue weighted by molar-refractivity contribution is 6.30. The zero-order chi connectivity index (χ0) is 16.7. The average Bonchev–Trinajstić information content (AvgIpc) is 3.00. The highest BCUT2D eigenvalue weighted by Crippen LogP contribution is 2.26. The minimum Gasteiger partial charge on any atom is -0.236 e. The summed E-state index contributed by atoms with van der Waals surface area (Å²) >= 11 is 6.06. The maximum atomic E-state index is 13.5. The Morgan fingerprint density at radius 2 is 1.88 bits per heavy atom. The van der Waals surface area contributed by atoms with Crippen molar-refractivity contribution in [3.8, 4) is 16.8 Å². The van der Waals surface area contributed by atoms with Crippen molar-refractivity contribution < 1.29 is 4.39 Å². The Kier molecular flexibility index (Phi) is 3.54. The molecule has 0 amide bonds. The third-order valence-corrected chi connectivity index (χ3v) is 4.19. The molecule has 24 heavy (non-hydrogen) atoms. The Morgan fingerprint density at radius 3 is 2.67 bits per heavy atom. The Bertz CT molecular complexity index is 1060. The molecule has 2 aromatic heterocycles. The number of rotatable bonds is 2. The predicted molar refractivity (Wildman–Crippen MR) is 94.0 cm³/mol. The van der Waals surface area contributed by atoms with E-state index in [-0.39, 0.29) is 5.82 Å². The summed E-state index contributed by atoms with van der Waals surface area (Å²) in [4.78, 5) is 4.54. The van der Waals surface area contributed by atoms with Crippen molar-refractivity contribution in [2.24, 2.45) is 0 Å². The molecule has 4 rings (SSSR count).